The first-order valence-electron chi connectivity index (χ1n) is 10.5. The van der Waals surface area contributed by atoms with Gasteiger partial charge in [-0.2, -0.15) is 0 Å². The van der Waals surface area contributed by atoms with Gasteiger partial charge in [0.2, 0.25) is 5.13 Å². The third-order valence-corrected chi connectivity index (χ3v) is 7.88. The predicted molar refractivity (Wildman–Crippen MR) is 136 cm³/mol. The standard InChI is InChI=1S/C25H17ClN4O3S2/c26-18-11-5-4-9-17(18)14-34-25-29-28-24(35-25)30-20(16-10-6-12-27-13-16)19(22(32)23(30)33)21(31)15-7-2-1-3-8-15/h1-13,20,31H,14H2/t20-/m1/s1. The summed E-state index contributed by atoms with van der Waals surface area (Å²) < 4.78 is 0.620. The largest absolute Gasteiger partial charge is 0.507 e. The lowest BCUT2D eigenvalue weighted by Crippen LogP contribution is -2.29. The molecule has 2 aromatic carbocycles. The lowest BCUT2D eigenvalue weighted by molar-refractivity contribution is -0.132. The number of aliphatic hydroxyl groups is 1. The zero-order valence-corrected chi connectivity index (χ0v) is 20.4. The van der Waals surface area contributed by atoms with Gasteiger partial charge in [0.25, 0.3) is 5.78 Å². The summed E-state index contributed by atoms with van der Waals surface area (Å²) in [6.07, 6.45) is 3.16. The smallest absolute Gasteiger partial charge is 0.301 e. The van der Waals surface area contributed by atoms with Crippen LogP contribution < -0.4 is 4.90 Å². The first-order valence-corrected chi connectivity index (χ1v) is 12.7. The van der Waals surface area contributed by atoms with Gasteiger partial charge in [-0.15, -0.1) is 10.2 Å². The Kier molecular flexibility index (Phi) is 6.63. The van der Waals surface area contributed by atoms with Gasteiger partial charge in [0.1, 0.15) is 5.76 Å². The van der Waals surface area contributed by atoms with Crippen molar-refractivity contribution >= 4 is 57.3 Å². The van der Waals surface area contributed by atoms with Gasteiger partial charge in [0.05, 0.1) is 11.6 Å². The number of carbonyl (C=O) groups is 2. The fourth-order valence-corrected chi connectivity index (χ4v) is 5.90. The van der Waals surface area contributed by atoms with E-state index in [1.165, 1.54) is 28.0 Å². The van der Waals surface area contributed by atoms with Crippen molar-refractivity contribution in [2.24, 2.45) is 0 Å². The van der Waals surface area contributed by atoms with Gasteiger partial charge >= 0.3 is 5.91 Å². The van der Waals surface area contributed by atoms with E-state index in [1.54, 1.807) is 54.9 Å². The van der Waals surface area contributed by atoms with Gasteiger partial charge in [0, 0.05) is 28.7 Å². The Morgan fingerprint density at radius 2 is 1.80 bits per heavy atom. The number of anilines is 1. The summed E-state index contributed by atoms with van der Waals surface area (Å²) in [4.78, 5) is 31.8. The number of pyridine rings is 1. The normalized spacial score (nSPS) is 17.2. The molecule has 0 unspecified atom stereocenters. The molecule has 0 saturated carbocycles. The highest BCUT2D eigenvalue weighted by molar-refractivity contribution is 8.00. The Labute approximate surface area is 214 Å². The molecule has 5 rings (SSSR count). The number of amides is 1. The molecule has 0 spiro atoms. The van der Waals surface area contributed by atoms with Crippen LogP contribution in [0.3, 0.4) is 0 Å². The van der Waals surface area contributed by atoms with E-state index < -0.39 is 17.7 Å². The molecule has 1 aliphatic rings. The van der Waals surface area contributed by atoms with Gasteiger partial charge in [-0.05, 0) is 23.3 Å². The second kappa shape index (κ2) is 9.99. The third-order valence-electron chi connectivity index (χ3n) is 5.40. The van der Waals surface area contributed by atoms with E-state index in [0.717, 1.165) is 5.56 Å². The van der Waals surface area contributed by atoms with Crippen LogP contribution in [0.5, 0.6) is 0 Å². The van der Waals surface area contributed by atoms with Gasteiger partial charge in [-0.25, -0.2) is 0 Å². The maximum atomic E-state index is 13.2. The molecule has 0 aliphatic carbocycles. The van der Waals surface area contributed by atoms with Gasteiger partial charge in [-0.3, -0.25) is 19.5 Å². The van der Waals surface area contributed by atoms with Gasteiger partial charge in [0.15, 0.2) is 4.34 Å². The van der Waals surface area contributed by atoms with Crippen molar-refractivity contribution in [3.05, 3.63) is 106 Å². The number of benzene rings is 2. The first-order chi connectivity index (χ1) is 17.0. The van der Waals surface area contributed by atoms with Crippen LogP contribution >= 0.6 is 34.7 Å². The number of rotatable bonds is 6. The number of halogens is 1. The fraction of sp³-hybridized carbons (Fsp3) is 0.0800. The van der Waals surface area contributed by atoms with Crippen molar-refractivity contribution in [2.75, 3.05) is 4.90 Å². The number of aromatic nitrogens is 3. The van der Waals surface area contributed by atoms with Crippen molar-refractivity contribution < 1.29 is 14.7 Å². The van der Waals surface area contributed by atoms with Crippen LogP contribution in [-0.2, 0) is 15.3 Å². The van der Waals surface area contributed by atoms with Crippen molar-refractivity contribution in [3.8, 4) is 0 Å². The molecule has 4 aromatic rings. The topological polar surface area (TPSA) is 96.3 Å². The minimum absolute atomic E-state index is 0.0188. The average Bonchev–Trinajstić information content (AvgIpc) is 3.46. The minimum Gasteiger partial charge on any atom is -0.507 e. The Morgan fingerprint density at radius 3 is 2.54 bits per heavy atom. The lowest BCUT2D eigenvalue weighted by Gasteiger charge is -2.22. The van der Waals surface area contributed by atoms with E-state index in [2.05, 4.69) is 15.2 Å². The number of Topliss-reactive ketones (excluding diaryl/α,β-unsaturated/α-hetero) is 1. The number of hydrogen-bond donors (Lipinski definition) is 1. The average molecular weight is 521 g/mol. The summed E-state index contributed by atoms with van der Waals surface area (Å²) in [5.41, 5.74) is 1.95. The van der Waals surface area contributed by atoms with Crippen LogP contribution in [0.25, 0.3) is 5.76 Å². The molecule has 7 nitrogen and oxygen atoms in total. The highest BCUT2D eigenvalue weighted by atomic mass is 35.5. The molecule has 0 bridgehead atoms. The fourth-order valence-electron chi connectivity index (χ4n) is 3.75. The molecule has 10 heteroatoms. The Balaban J connectivity index is 1.52. The summed E-state index contributed by atoms with van der Waals surface area (Å²) in [5.74, 6) is -1.25. The van der Waals surface area contributed by atoms with Gasteiger partial charge in [-0.1, -0.05) is 89.3 Å². The maximum Gasteiger partial charge on any atom is 0.301 e. The molecule has 1 atom stereocenters. The molecular formula is C25H17ClN4O3S2. The third kappa shape index (κ3) is 4.58. The van der Waals surface area contributed by atoms with E-state index >= 15 is 0 Å². The Bertz CT molecular complexity index is 1430. The predicted octanol–water partition coefficient (Wildman–Crippen LogP) is 5.51. The number of hydrogen-bond acceptors (Lipinski definition) is 8. The summed E-state index contributed by atoms with van der Waals surface area (Å²) in [6.45, 7) is 0. The summed E-state index contributed by atoms with van der Waals surface area (Å²) in [6, 6.07) is 18.8. The van der Waals surface area contributed by atoms with Crippen molar-refractivity contribution in [1.29, 1.82) is 0 Å². The van der Waals surface area contributed by atoms with E-state index in [-0.39, 0.29) is 16.5 Å². The summed E-state index contributed by atoms with van der Waals surface area (Å²) >= 11 is 8.88. The SMILES string of the molecule is O=C1C(=O)N(c2nnc(SCc3ccccc3Cl)s2)[C@H](c2cccnc2)C1=C(O)c1ccccc1. The zero-order valence-electron chi connectivity index (χ0n) is 18.0. The highest BCUT2D eigenvalue weighted by Crippen LogP contribution is 2.43. The Hall–Kier alpha value is -3.53. The molecular weight excluding hydrogens is 504 g/mol. The molecule has 174 valence electrons. The number of aliphatic hydroxyl groups excluding tert-OH is 1. The minimum atomic E-state index is -0.890. The first kappa shape index (κ1) is 23.2. The summed E-state index contributed by atoms with van der Waals surface area (Å²) in [7, 11) is 0. The highest BCUT2D eigenvalue weighted by Gasteiger charge is 2.48. The molecule has 1 fully saturated rings. The van der Waals surface area contributed by atoms with Crippen LogP contribution in [-0.4, -0.2) is 32.0 Å². The Morgan fingerprint density at radius 1 is 1.03 bits per heavy atom. The number of ketones is 1. The molecule has 1 amide bonds. The number of nitrogens with zero attached hydrogens (tertiary/aromatic N) is 4. The lowest BCUT2D eigenvalue weighted by atomic mass is 9.96. The second-order valence-corrected chi connectivity index (χ2v) is 10.1. The number of carbonyl (C=O) groups excluding carboxylic acids is 2. The van der Waals surface area contributed by atoms with Crippen molar-refractivity contribution in [2.45, 2.75) is 16.1 Å². The van der Waals surface area contributed by atoms with Crippen molar-refractivity contribution in [1.82, 2.24) is 15.2 Å². The molecule has 2 aromatic heterocycles. The maximum absolute atomic E-state index is 13.2. The van der Waals surface area contributed by atoms with Crippen LogP contribution in [0.15, 0.2) is 89.0 Å². The van der Waals surface area contributed by atoms with E-state index in [1.807, 2.05) is 24.3 Å². The molecule has 35 heavy (non-hydrogen) atoms. The van der Waals surface area contributed by atoms with Crippen molar-refractivity contribution in [3.63, 3.8) is 0 Å². The second-order valence-electron chi connectivity index (χ2n) is 7.55. The molecule has 1 aliphatic heterocycles. The quantitative estimate of drug-likeness (QED) is 0.118. The van der Waals surface area contributed by atoms with E-state index in [9.17, 15) is 14.7 Å². The number of thioether (sulfide) groups is 1. The summed E-state index contributed by atoms with van der Waals surface area (Å²) in [5, 5.41) is 20.4. The van der Waals surface area contributed by atoms with Crippen LogP contribution in [0.2, 0.25) is 5.02 Å². The van der Waals surface area contributed by atoms with Crippen LogP contribution in [0.4, 0.5) is 5.13 Å². The van der Waals surface area contributed by atoms with E-state index in [0.29, 0.717) is 26.2 Å². The van der Waals surface area contributed by atoms with Crippen LogP contribution in [0.1, 0.15) is 22.7 Å². The van der Waals surface area contributed by atoms with Crippen LogP contribution in [0, 0.1) is 0 Å². The monoisotopic (exact) mass is 520 g/mol. The van der Waals surface area contributed by atoms with E-state index in [4.69, 9.17) is 11.6 Å². The van der Waals surface area contributed by atoms with Gasteiger partial charge < -0.3 is 5.11 Å². The molecule has 1 N–H and O–H groups in total. The zero-order chi connectivity index (χ0) is 24.4. The molecule has 3 heterocycles. The molecule has 0 radical (unpaired) electrons. The molecule has 1 saturated heterocycles.